The molecule has 3 nitrogen and oxygen atoms in total. The van der Waals surface area contributed by atoms with Gasteiger partial charge >= 0.3 is 0 Å². The molecule has 0 spiro atoms. The van der Waals surface area contributed by atoms with Crippen LogP contribution in [0.5, 0.6) is 5.75 Å². The van der Waals surface area contributed by atoms with E-state index in [2.05, 4.69) is 36.4 Å². The molecule has 1 saturated heterocycles. The first-order chi connectivity index (χ1) is 13.8. The Labute approximate surface area is 169 Å². The zero-order valence-electron chi connectivity index (χ0n) is 15.9. The van der Waals surface area contributed by atoms with Gasteiger partial charge in [-0.05, 0) is 60.2 Å². The number of rotatable bonds is 7. The van der Waals surface area contributed by atoms with Gasteiger partial charge in [-0.15, -0.1) is 0 Å². The second-order valence-corrected chi connectivity index (χ2v) is 8.61. The van der Waals surface area contributed by atoms with Crippen LogP contribution in [-0.4, -0.2) is 21.6 Å². The zero-order chi connectivity index (χ0) is 19.2. The lowest BCUT2D eigenvalue weighted by Gasteiger charge is -2.14. The van der Waals surface area contributed by atoms with Crippen molar-refractivity contribution in [3.8, 4) is 5.75 Å². The minimum atomic E-state index is -1.04. The number of nitrogens with zero attached hydrogens (tertiary/aromatic N) is 1. The van der Waals surface area contributed by atoms with Crippen molar-refractivity contribution in [1.82, 2.24) is 4.31 Å². The monoisotopic (exact) mass is 391 g/mol. The van der Waals surface area contributed by atoms with E-state index in [0.717, 1.165) is 48.6 Å². The molecule has 3 aromatic rings. The van der Waals surface area contributed by atoms with E-state index < -0.39 is 11.0 Å². The number of hydrogen-bond donors (Lipinski definition) is 0. The maximum Gasteiger partial charge on any atom is 0.127 e. The number of ether oxygens (including phenoxy) is 1. The summed E-state index contributed by atoms with van der Waals surface area (Å²) in [6, 6.07) is 26.6. The predicted molar refractivity (Wildman–Crippen MR) is 114 cm³/mol. The molecule has 0 N–H and O–H groups in total. The largest absolute Gasteiger partial charge is 0.489 e. The summed E-state index contributed by atoms with van der Waals surface area (Å²) >= 11 is 0. The molecule has 0 radical (unpaired) electrons. The van der Waals surface area contributed by atoms with Crippen LogP contribution in [0.25, 0.3) is 0 Å². The number of benzene rings is 3. The second kappa shape index (κ2) is 9.18. The Kier molecular flexibility index (Phi) is 6.20. The quantitative estimate of drug-likeness (QED) is 0.569. The summed E-state index contributed by atoms with van der Waals surface area (Å²) in [5.41, 5.74) is 3.61. The SMILES string of the molecule is O=S(c1ccc(COc2cccc(Cc3ccccc3)c2)cc1)N1CCCC1. The highest BCUT2D eigenvalue weighted by molar-refractivity contribution is 7.82. The Balaban J connectivity index is 1.35. The summed E-state index contributed by atoms with van der Waals surface area (Å²) in [6.45, 7) is 2.36. The highest BCUT2D eigenvalue weighted by Crippen LogP contribution is 2.20. The second-order valence-electron chi connectivity index (χ2n) is 7.13. The molecule has 3 aromatic carbocycles. The lowest BCUT2D eigenvalue weighted by molar-refractivity contribution is 0.306. The highest BCUT2D eigenvalue weighted by Gasteiger charge is 2.19. The van der Waals surface area contributed by atoms with Gasteiger partial charge in [-0.2, -0.15) is 0 Å². The molecule has 0 aliphatic carbocycles. The Morgan fingerprint density at radius 2 is 1.50 bits per heavy atom. The minimum Gasteiger partial charge on any atom is -0.489 e. The van der Waals surface area contributed by atoms with Crippen LogP contribution in [0.2, 0.25) is 0 Å². The third kappa shape index (κ3) is 4.89. The van der Waals surface area contributed by atoms with Gasteiger partial charge in [0.1, 0.15) is 23.3 Å². The first-order valence-corrected chi connectivity index (χ1v) is 10.9. The Morgan fingerprint density at radius 1 is 0.786 bits per heavy atom. The standard InChI is InChI=1S/C24H25NO2S/c26-28(25-15-4-5-16-25)24-13-11-21(12-14-24)19-27-23-10-6-9-22(18-23)17-20-7-2-1-3-8-20/h1-3,6-14,18H,4-5,15-17,19H2. The van der Waals surface area contributed by atoms with Crippen molar-refractivity contribution in [1.29, 1.82) is 0 Å². The van der Waals surface area contributed by atoms with Crippen molar-refractivity contribution in [3.63, 3.8) is 0 Å². The molecule has 1 unspecified atom stereocenters. The van der Waals surface area contributed by atoms with Gasteiger partial charge in [0.05, 0.1) is 4.90 Å². The highest BCUT2D eigenvalue weighted by atomic mass is 32.2. The van der Waals surface area contributed by atoms with E-state index in [4.69, 9.17) is 4.74 Å². The van der Waals surface area contributed by atoms with Crippen molar-refractivity contribution in [2.45, 2.75) is 30.8 Å². The molecule has 1 fully saturated rings. The van der Waals surface area contributed by atoms with Gasteiger partial charge in [-0.3, -0.25) is 0 Å². The molecule has 144 valence electrons. The molecule has 1 atom stereocenters. The molecule has 1 aliphatic heterocycles. The summed E-state index contributed by atoms with van der Waals surface area (Å²) in [6.07, 6.45) is 3.18. The van der Waals surface area contributed by atoms with Crippen LogP contribution >= 0.6 is 0 Å². The smallest absolute Gasteiger partial charge is 0.127 e. The lowest BCUT2D eigenvalue weighted by Crippen LogP contribution is -2.22. The van der Waals surface area contributed by atoms with Gasteiger partial charge in [0.25, 0.3) is 0 Å². The summed E-state index contributed by atoms with van der Waals surface area (Å²) < 4.78 is 20.6. The summed E-state index contributed by atoms with van der Waals surface area (Å²) in [5, 5.41) is 0. The normalized spacial score (nSPS) is 15.4. The first-order valence-electron chi connectivity index (χ1n) is 9.79. The van der Waals surface area contributed by atoms with Gasteiger partial charge in [0, 0.05) is 13.1 Å². The van der Waals surface area contributed by atoms with Crippen LogP contribution in [-0.2, 0) is 24.0 Å². The minimum absolute atomic E-state index is 0.505. The summed E-state index contributed by atoms with van der Waals surface area (Å²) in [4.78, 5) is 0.871. The molecule has 1 aliphatic rings. The van der Waals surface area contributed by atoms with Crippen LogP contribution in [0.4, 0.5) is 0 Å². The van der Waals surface area contributed by atoms with Crippen molar-refractivity contribution < 1.29 is 8.95 Å². The van der Waals surface area contributed by atoms with E-state index in [0.29, 0.717) is 6.61 Å². The maximum atomic E-state index is 12.5. The molecule has 1 heterocycles. The topological polar surface area (TPSA) is 29.5 Å². The van der Waals surface area contributed by atoms with Crippen LogP contribution in [0.1, 0.15) is 29.5 Å². The molecule has 0 aromatic heterocycles. The molecule has 4 rings (SSSR count). The van der Waals surface area contributed by atoms with Crippen LogP contribution in [0.15, 0.2) is 83.8 Å². The van der Waals surface area contributed by atoms with Gasteiger partial charge in [0.15, 0.2) is 0 Å². The third-order valence-corrected chi connectivity index (χ3v) is 6.49. The molecule has 4 heteroatoms. The van der Waals surface area contributed by atoms with Crippen molar-refractivity contribution >= 4 is 11.0 Å². The van der Waals surface area contributed by atoms with E-state index in [9.17, 15) is 4.21 Å². The van der Waals surface area contributed by atoms with Crippen LogP contribution in [0, 0.1) is 0 Å². The Morgan fingerprint density at radius 3 is 2.25 bits per heavy atom. The fourth-order valence-corrected chi connectivity index (χ4v) is 4.71. The summed E-state index contributed by atoms with van der Waals surface area (Å²) in [5.74, 6) is 0.873. The van der Waals surface area contributed by atoms with E-state index in [-0.39, 0.29) is 0 Å². The van der Waals surface area contributed by atoms with E-state index in [1.807, 2.05) is 46.8 Å². The molecular weight excluding hydrogens is 366 g/mol. The van der Waals surface area contributed by atoms with E-state index >= 15 is 0 Å². The molecule has 0 saturated carbocycles. The predicted octanol–water partition coefficient (Wildman–Crippen LogP) is 4.97. The molecule has 0 bridgehead atoms. The van der Waals surface area contributed by atoms with Crippen LogP contribution < -0.4 is 4.74 Å². The lowest BCUT2D eigenvalue weighted by atomic mass is 10.1. The van der Waals surface area contributed by atoms with Crippen LogP contribution in [0.3, 0.4) is 0 Å². The number of hydrogen-bond acceptors (Lipinski definition) is 2. The third-order valence-electron chi connectivity index (χ3n) is 4.98. The first kappa shape index (κ1) is 18.9. The van der Waals surface area contributed by atoms with Gasteiger partial charge in [0.2, 0.25) is 0 Å². The van der Waals surface area contributed by atoms with E-state index in [1.165, 1.54) is 11.1 Å². The average molecular weight is 392 g/mol. The molecule has 0 amide bonds. The van der Waals surface area contributed by atoms with Gasteiger partial charge in [-0.25, -0.2) is 8.51 Å². The maximum absolute atomic E-state index is 12.5. The van der Waals surface area contributed by atoms with Crippen molar-refractivity contribution in [2.24, 2.45) is 0 Å². The fraction of sp³-hybridized carbons (Fsp3) is 0.250. The van der Waals surface area contributed by atoms with Gasteiger partial charge in [-0.1, -0.05) is 54.6 Å². The van der Waals surface area contributed by atoms with Gasteiger partial charge < -0.3 is 4.74 Å². The van der Waals surface area contributed by atoms with E-state index in [1.54, 1.807) is 0 Å². The average Bonchev–Trinajstić information content (AvgIpc) is 3.28. The Hall–Kier alpha value is -2.43. The van der Waals surface area contributed by atoms with Crippen molar-refractivity contribution in [2.75, 3.05) is 13.1 Å². The zero-order valence-corrected chi connectivity index (χ0v) is 16.7. The fourth-order valence-electron chi connectivity index (χ4n) is 3.45. The van der Waals surface area contributed by atoms with Crippen molar-refractivity contribution in [3.05, 3.63) is 95.6 Å². The molecule has 28 heavy (non-hydrogen) atoms. The Bertz CT molecular complexity index is 919. The molecular formula is C24H25NO2S. The summed E-state index contributed by atoms with van der Waals surface area (Å²) in [7, 11) is -1.04.